The molecule has 5 rings (SSSR count). The number of fused-ring (bicyclic) bond motifs is 1. The second kappa shape index (κ2) is 6.95. The number of halogens is 1. The Kier molecular flexibility index (Phi) is 4.27. The lowest BCUT2D eigenvalue weighted by Gasteiger charge is -2.23. The number of nitrogens with two attached hydrogens (primary N) is 1. The van der Waals surface area contributed by atoms with E-state index in [9.17, 15) is 5.26 Å². The van der Waals surface area contributed by atoms with E-state index in [1.165, 1.54) is 0 Å². The number of benzene rings is 1. The van der Waals surface area contributed by atoms with Crippen LogP contribution in [0, 0.1) is 11.3 Å². The number of rotatable bonds is 3. The second-order valence-corrected chi connectivity index (χ2v) is 8.24. The summed E-state index contributed by atoms with van der Waals surface area (Å²) in [5.41, 5.74) is 8.72. The lowest BCUT2D eigenvalue weighted by molar-refractivity contribution is 0.367. The van der Waals surface area contributed by atoms with Crippen LogP contribution < -0.4 is 10.5 Å². The van der Waals surface area contributed by atoms with Crippen LogP contribution in [0.3, 0.4) is 0 Å². The average Bonchev–Trinajstić information content (AvgIpc) is 3.47. The summed E-state index contributed by atoms with van der Waals surface area (Å²) in [5.74, 6) is 0.752. The number of nitriles is 1. The van der Waals surface area contributed by atoms with Gasteiger partial charge >= 0.3 is 0 Å². The second-order valence-electron chi connectivity index (χ2n) is 6.38. The molecule has 6 nitrogen and oxygen atoms in total. The van der Waals surface area contributed by atoms with Crippen LogP contribution in [0.4, 0.5) is 0 Å². The number of nitrogens with zero attached hydrogens (tertiary/aromatic N) is 3. The molecule has 0 bridgehead atoms. The van der Waals surface area contributed by atoms with Gasteiger partial charge in [-0.2, -0.15) is 15.0 Å². The molecule has 1 aliphatic heterocycles. The number of furan rings is 1. The first-order valence-electron chi connectivity index (χ1n) is 8.71. The van der Waals surface area contributed by atoms with Crippen molar-refractivity contribution in [2.45, 2.75) is 5.92 Å². The third-order valence-corrected chi connectivity index (χ3v) is 6.43. The van der Waals surface area contributed by atoms with E-state index in [1.807, 2.05) is 47.8 Å². The monoisotopic (exact) mass is 464 g/mol. The maximum absolute atomic E-state index is 9.85. The topological polar surface area (TPSA) is 90.0 Å². The van der Waals surface area contributed by atoms with Crippen molar-refractivity contribution in [2.75, 3.05) is 0 Å². The predicted octanol–water partition coefficient (Wildman–Crippen LogP) is 5.17. The van der Waals surface area contributed by atoms with Crippen LogP contribution in [0.2, 0.25) is 0 Å². The van der Waals surface area contributed by atoms with Gasteiger partial charge in [-0.05, 0) is 46.3 Å². The van der Waals surface area contributed by atoms with Crippen molar-refractivity contribution in [1.82, 2.24) is 9.78 Å². The summed E-state index contributed by atoms with van der Waals surface area (Å²) in [5, 5.41) is 16.6. The molecule has 8 heteroatoms. The fourth-order valence-corrected chi connectivity index (χ4v) is 5.00. The Labute approximate surface area is 178 Å². The largest absolute Gasteiger partial charge is 0.463 e. The highest BCUT2D eigenvalue weighted by atomic mass is 79.9. The Morgan fingerprint density at radius 2 is 2.03 bits per heavy atom. The summed E-state index contributed by atoms with van der Waals surface area (Å²) in [4.78, 5) is 0.960. The molecule has 0 saturated carbocycles. The summed E-state index contributed by atoms with van der Waals surface area (Å²) < 4.78 is 14.2. The number of hydrogen-bond donors (Lipinski definition) is 1. The minimum atomic E-state index is -0.405. The predicted molar refractivity (Wildman–Crippen MR) is 113 cm³/mol. The summed E-state index contributed by atoms with van der Waals surface area (Å²) in [6.07, 6.45) is 1.60. The Morgan fingerprint density at radius 3 is 2.69 bits per heavy atom. The third-order valence-electron chi connectivity index (χ3n) is 4.68. The van der Waals surface area contributed by atoms with Gasteiger partial charge in [-0.3, -0.25) is 0 Å². The Bertz CT molecular complexity index is 1270. The molecular formula is C21H13BrN4O2S. The zero-order valence-electron chi connectivity index (χ0n) is 14.9. The van der Waals surface area contributed by atoms with Crippen LogP contribution in [0.5, 0.6) is 5.88 Å². The SMILES string of the molecule is N#CC1=C(N)Oc2c(c(-c3ccco3)nn2-c2ccccc2)C1c1cc(Br)cs1. The Balaban J connectivity index is 1.83. The number of ether oxygens (including phenoxy) is 1. The molecule has 1 aliphatic rings. The molecule has 0 fully saturated rings. The molecule has 3 aromatic heterocycles. The average molecular weight is 465 g/mol. The molecule has 1 aromatic carbocycles. The minimum absolute atomic E-state index is 0.0811. The van der Waals surface area contributed by atoms with E-state index < -0.39 is 5.92 Å². The molecule has 4 heterocycles. The van der Waals surface area contributed by atoms with Gasteiger partial charge in [0.1, 0.15) is 17.3 Å². The van der Waals surface area contributed by atoms with Gasteiger partial charge in [-0.15, -0.1) is 11.3 Å². The first-order valence-corrected chi connectivity index (χ1v) is 10.4. The fourth-order valence-electron chi connectivity index (χ4n) is 3.44. The fraction of sp³-hybridized carbons (Fsp3) is 0.0476. The van der Waals surface area contributed by atoms with Crippen molar-refractivity contribution < 1.29 is 9.15 Å². The molecule has 4 aromatic rings. The van der Waals surface area contributed by atoms with Crippen molar-refractivity contribution in [3.63, 3.8) is 0 Å². The van der Waals surface area contributed by atoms with Gasteiger partial charge in [0.25, 0.3) is 0 Å². The van der Waals surface area contributed by atoms with Crippen LogP contribution >= 0.6 is 27.3 Å². The summed E-state index contributed by atoms with van der Waals surface area (Å²) in [6, 6.07) is 17.5. The Morgan fingerprint density at radius 1 is 1.21 bits per heavy atom. The van der Waals surface area contributed by atoms with Gasteiger partial charge in [0.2, 0.25) is 11.8 Å². The standard InChI is InChI=1S/C21H13BrN4O2S/c22-12-9-16(29-11-12)17-14(10-23)20(24)28-21-18(17)19(15-7-4-8-27-15)25-26(21)13-5-2-1-3-6-13/h1-9,11,17H,24H2. The molecule has 0 radical (unpaired) electrons. The minimum Gasteiger partial charge on any atom is -0.463 e. The van der Waals surface area contributed by atoms with E-state index >= 15 is 0 Å². The number of hydrogen-bond acceptors (Lipinski definition) is 6. The van der Waals surface area contributed by atoms with Gasteiger partial charge in [0.15, 0.2) is 5.76 Å². The van der Waals surface area contributed by atoms with E-state index in [0.717, 1.165) is 20.6 Å². The number of para-hydroxylation sites is 1. The van der Waals surface area contributed by atoms with Gasteiger partial charge in [-0.25, -0.2) is 0 Å². The van der Waals surface area contributed by atoms with Crippen molar-refractivity contribution in [1.29, 1.82) is 5.26 Å². The van der Waals surface area contributed by atoms with Crippen molar-refractivity contribution in [2.24, 2.45) is 5.73 Å². The van der Waals surface area contributed by atoms with Crippen LogP contribution in [0.25, 0.3) is 17.1 Å². The normalized spacial score (nSPS) is 15.7. The summed E-state index contributed by atoms with van der Waals surface area (Å²) in [7, 11) is 0. The smallest absolute Gasteiger partial charge is 0.229 e. The zero-order chi connectivity index (χ0) is 20.0. The number of allylic oxidation sites excluding steroid dienone is 1. The molecule has 29 heavy (non-hydrogen) atoms. The van der Waals surface area contributed by atoms with Crippen LogP contribution in [0.1, 0.15) is 16.4 Å². The van der Waals surface area contributed by atoms with Crippen LogP contribution in [-0.4, -0.2) is 9.78 Å². The van der Waals surface area contributed by atoms with Gasteiger partial charge in [-0.1, -0.05) is 18.2 Å². The van der Waals surface area contributed by atoms with Gasteiger partial charge in [0, 0.05) is 14.7 Å². The molecule has 0 aliphatic carbocycles. The quantitative estimate of drug-likeness (QED) is 0.451. The van der Waals surface area contributed by atoms with Crippen molar-refractivity contribution in [3.05, 3.63) is 86.5 Å². The lowest BCUT2D eigenvalue weighted by atomic mass is 9.88. The third kappa shape index (κ3) is 2.87. The maximum atomic E-state index is 9.85. The van der Waals surface area contributed by atoms with Crippen LogP contribution in [0.15, 0.2) is 80.5 Å². The molecule has 0 spiro atoms. The summed E-state index contributed by atoms with van der Waals surface area (Å²) in [6.45, 7) is 0. The maximum Gasteiger partial charge on any atom is 0.229 e. The van der Waals surface area contributed by atoms with Crippen LogP contribution in [-0.2, 0) is 0 Å². The highest BCUT2D eigenvalue weighted by Gasteiger charge is 2.39. The van der Waals surface area contributed by atoms with Crippen molar-refractivity contribution in [3.8, 4) is 29.1 Å². The van der Waals surface area contributed by atoms with E-state index in [4.69, 9.17) is 20.0 Å². The zero-order valence-corrected chi connectivity index (χ0v) is 17.3. The number of thiophene rings is 1. The first-order chi connectivity index (χ1) is 14.2. The molecule has 1 unspecified atom stereocenters. The van der Waals surface area contributed by atoms with E-state index in [-0.39, 0.29) is 5.88 Å². The molecule has 1 atom stereocenters. The highest BCUT2D eigenvalue weighted by molar-refractivity contribution is 9.10. The first kappa shape index (κ1) is 17.8. The molecule has 0 saturated heterocycles. The number of aromatic nitrogens is 2. The lowest BCUT2D eigenvalue weighted by Crippen LogP contribution is -2.21. The van der Waals surface area contributed by atoms with Gasteiger partial charge < -0.3 is 14.9 Å². The highest BCUT2D eigenvalue weighted by Crippen LogP contribution is 2.49. The van der Waals surface area contributed by atoms with Gasteiger partial charge in [0.05, 0.1) is 23.4 Å². The summed E-state index contributed by atoms with van der Waals surface area (Å²) >= 11 is 5.05. The van der Waals surface area contributed by atoms with Crippen molar-refractivity contribution >= 4 is 27.3 Å². The molecular weight excluding hydrogens is 452 g/mol. The molecule has 142 valence electrons. The van der Waals surface area contributed by atoms with E-state index in [0.29, 0.717) is 22.9 Å². The molecule has 2 N–H and O–H groups in total. The van der Waals surface area contributed by atoms with E-state index in [1.54, 1.807) is 28.3 Å². The van der Waals surface area contributed by atoms with E-state index in [2.05, 4.69) is 22.0 Å². The molecule has 0 amide bonds. The Hall–Kier alpha value is -3.28.